The van der Waals surface area contributed by atoms with E-state index in [9.17, 15) is 9.90 Å². The summed E-state index contributed by atoms with van der Waals surface area (Å²) in [7, 11) is 0. The number of aliphatic hydroxyl groups excluding tert-OH is 1. The van der Waals surface area contributed by atoms with Crippen LogP contribution in [0.2, 0.25) is 0 Å². The summed E-state index contributed by atoms with van der Waals surface area (Å²) in [6.07, 6.45) is -0.294. The molecule has 1 aromatic rings. The van der Waals surface area contributed by atoms with E-state index in [4.69, 9.17) is 0 Å². The fourth-order valence-corrected chi connectivity index (χ4v) is 2.73. The van der Waals surface area contributed by atoms with Gasteiger partial charge in [-0.15, -0.1) is 0 Å². The lowest BCUT2D eigenvalue weighted by Gasteiger charge is -2.26. The van der Waals surface area contributed by atoms with Gasteiger partial charge in [0.2, 0.25) is 5.91 Å². The Kier molecular flexibility index (Phi) is 3.95. The Bertz CT molecular complexity index is 453. The van der Waals surface area contributed by atoms with Gasteiger partial charge in [-0.25, -0.2) is 0 Å². The minimum absolute atomic E-state index is 0.0301. The van der Waals surface area contributed by atoms with Crippen molar-refractivity contribution in [3.8, 4) is 0 Å². The SMILES string of the molecule is CC(C)c1cccc(C(C)C)c1N1CC(O)CC1=O. The number of benzene rings is 1. The van der Waals surface area contributed by atoms with E-state index in [1.54, 1.807) is 4.90 Å². The van der Waals surface area contributed by atoms with Crippen LogP contribution in [0.1, 0.15) is 57.1 Å². The lowest BCUT2D eigenvalue weighted by atomic mass is 9.92. The molecule has 1 fully saturated rings. The molecule has 3 nitrogen and oxygen atoms in total. The number of rotatable bonds is 3. The van der Waals surface area contributed by atoms with Crippen LogP contribution in [-0.2, 0) is 4.79 Å². The van der Waals surface area contributed by atoms with Crippen molar-refractivity contribution >= 4 is 11.6 Å². The highest BCUT2D eigenvalue weighted by Gasteiger charge is 2.32. The van der Waals surface area contributed by atoms with Crippen LogP contribution in [0.15, 0.2) is 18.2 Å². The van der Waals surface area contributed by atoms with E-state index in [1.807, 2.05) is 0 Å². The molecule has 104 valence electrons. The molecular weight excluding hydrogens is 238 g/mol. The summed E-state index contributed by atoms with van der Waals surface area (Å²) in [6.45, 7) is 8.97. The second-order valence-corrected chi connectivity index (χ2v) is 5.96. The summed E-state index contributed by atoms with van der Waals surface area (Å²) >= 11 is 0. The summed E-state index contributed by atoms with van der Waals surface area (Å²) < 4.78 is 0. The van der Waals surface area contributed by atoms with Crippen LogP contribution >= 0.6 is 0 Å². The molecule has 1 heterocycles. The molecular formula is C16H23NO2. The Hall–Kier alpha value is -1.35. The molecule has 0 aromatic heterocycles. The van der Waals surface area contributed by atoms with Crippen LogP contribution in [-0.4, -0.2) is 23.7 Å². The normalized spacial score (nSPS) is 19.8. The molecule has 0 spiro atoms. The van der Waals surface area contributed by atoms with E-state index < -0.39 is 6.10 Å². The number of carbonyl (C=O) groups is 1. The maximum absolute atomic E-state index is 12.1. The lowest BCUT2D eigenvalue weighted by molar-refractivity contribution is -0.117. The van der Waals surface area contributed by atoms with Crippen molar-refractivity contribution in [1.29, 1.82) is 0 Å². The zero-order valence-corrected chi connectivity index (χ0v) is 12.2. The monoisotopic (exact) mass is 261 g/mol. The number of aliphatic hydroxyl groups is 1. The first-order valence-corrected chi connectivity index (χ1v) is 7.03. The van der Waals surface area contributed by atoms with Gasteiger partial charge in [-0.1, -0.05) is 45.9 Å². The van der Waals surface area contributed by atoms with Gasteiger partial charge in [-0.3, -0.25) is 4.79 Å². The molecule has 1 aromatic carbocycles. The number of nitrogens with zero attached hydrogens (tertiary/aromatic N) is 1. The molecule has 1 saturated heterocycles. The van der Waals surface area contributed by atoms with Gasteiger partial charge in [0.05, 0.1) is 24.8 Å². The summed E-state index contributed by atoms with van der Waals surface area (Å²) in [5.74, 6) is 0.751. The fraction of sp³-hybridized carbons (Fsp3) is 0.562. The highest BCUT2D eigenvalue weighted by Crippen LogP contribution is 2.37. The van der Waals surface area contributed by atoms with Gasteiger partial charge in [-0.05, 0) is 23.0 Å². The molecule has 0 radical (unpaired) electrons. The van der Waals surface area contributed by atoms with Crippen molar-refractivity contribution in [3.63, 3.8) is 0 Å². The van der Waals surface area contributed by atoms with Gasteiger partial charge in [0.1, 0.15) is 0 Å². The van der Waals surface area contributed by atoms with Crippen molar-refractivity contribution in [1.82, 2.24) is 0 Å². The van der Waals surface area contributed by atoms with Crippen LogP contribution in [0, 0.1) is 0 Å². The molecule has 1 amide bonds. The molecule has 1 N–H and O–H groups in total. The summed E-state index contributed by atoms with van der Waals surface area (Å²) in [4.78, 5) is 13.9. The number of para-hydroxylation sites is 1. The Labute approximate surface area is 115 Å². The van der Waals surface area contributed by atoms with Crippen LogP contribution in [0.5, 0.6) is 0 Å². The summed E-state index contributed by atoms with van der Waals surface area (Å²) in [6, 6.07) is 6.23. The quantitative estimate of drug-likeness (QED) is 0.908. The first-order valence-electron chi connectivity index (χ1n) is 7.03. The maximum Gasteiger partial charge on any atom is 0.229 e. The first kappa shape index (κ1) is 14.1. The van der Waals surface area contributed by atoms with Crippen molar-refractivity contribution in [3.05, 3.63) is 29.3 Å². The summed E-state index contributed by atoms with van der Waals surface area (Å²) in [5, 5.41) is 9.73. The van der Waals surface area contributed by atoms with Crippen LogP contribution < -0.4 is 4.90 Å². The van der Waals surface area contributed by atoms with Crippen molar-refractivity contribution in [2.45, 2.75) is 52.1 Å². The highest BCUT2D eigenvalue weighted by molar-refractivity contribution is 5.97. The minimum Gasteiger partial charge on any atom is -0.391 e. The molecule has 0 aliphatic carbocycles. The molecule has 1 atom stereocenters. The minimum atomic E-state index is -0.535. The second kappa shape index (κ2) is 5.33. The Morgan fingerprint density at radius 3 is 2.05 bits per heavy atom. The average molecular weight is 261 g/mol. The van der Waals surface area contributed by atoms with E-state index in [2.05, 4.69) is 45.9 Å². The third-order valence-electron chi connectivity index (χ3n) is 3.72. The number of amides is 1. The Morgan fingerprint density at radius 2 is 1.68 bits per heavy atom. The predicted octanol–water partition coefficient (Wildman–Crippen LogP) is 3.03. The molecule has 0 saturated carbocycles. The van der Waals surface area contributed by atoms with Gasteiger partial charge in [0, 0.05) is 0 Å². The van der Waals surface area contributed by atoms with Crippen molar-refractivity contribution in [2.75, 3.05) is 11.4 Å². The lowest BCUT2D eigenvalue weighted by Crippen LogP contribution is -2.28. The number of hydrogen-bond donors (Lipinski definition) is 1. The summed E-state index contributed by atoms with van der Waals surface area (Å²) in [5.41, 5.74) is 3.40. The van der Waals surface area contributed by atoms with Crippen molar-refractivity contribution < 1.29 is 9.90 Å². The highest BCUT2D eigenvalue weighted by atomic mass is 16.3. The Balaban J connectivity index is 2.55. The first-order chi connectivity index (χ1) is 8.91. The maximum atomic E-state index is 12.1. The van der Waals surface area contributed by atoms with Crippen LogP contribution in [0.3, 0.4) is 0 Å². The van der Waals surface area contributed by atoms with Gasteiger partial charge < -0.3 is 10.0 Å². The average Bonchev–Trinajstić information content (AvgIpc) is 2.67. The smallest absolute Gasteiger partial charge is 0.229 e. The number of β-amino-alcohol motifs (C(OH)–C–C–N with tert-alkyl or cyclic N) is 1. The molecule has 1 aliphatic rings. The predicted molar refractivity (Wildman–Crippen MR) is 77.6 cm³/mol. The van der Waals surface area contributed by atoms with Crippen molar-refractivity contribution in [2.24, 2.45) is 0 Å². The zero-order chi connectivity index (χ0) is 14.2. The van der Waals surface area contributed by atoms with Gasteiger partial charge in [0.25, 0.3) is 0 Å². The standard InChI is InChI=1S/C16H23NO2/c1-10(2)13-6-5-7-14(11(3)4)16(13)17-9-12(18)8-15(17)19/h5-7,10-12,18H,8-9H2,1-4H3. The second-order valence-electron chi connectivity index (χ2n) is 5.96. The van der Waals surface area contributed by atoms with Gasteiger partial charge >= 0.3 is 0 Å². The van der Waals surface area contributed by atoms with E-state index >= 15 is 0 Å². The molecule has 3 heteroatoms. The molecule has 1 aliphatic heterocycles. The fourth-order valence-electron chi connectivity index (χ4n) is 2.73. The van der Waals surface area contributed by atoms with E-state index in [-0.39, 0.29) is 12.3 Å². The van der Waals surface area contributed by atoms with Crippen LogP contribution in [0.4, 0.5) is 5.69 Å². The van der Waals surface area contributed by atoms with E-state index in [1.165, 1.54) is 11.1 Å². The molecule has 1 unspecified atom stereocenters. The number of anilines is 1. The van der Waals surface area contributed by atoms with E-state index in [0.717, 1.165) is 5.69 Å². The zero-order valence-electron chi connectivity index (χ0n) is 12.2. The third kappa shape index (κ3) is 2.66. The van der Waals surface area contributed by atoms with Gasteiger partial charge in [0.15, 0.2) is 0 Å². The Morgan fingerprint density at radius 1 is 1.16 bits per heavy atom. The molecule has 19 heavy (non-hydrogen) atoms. The van der Waals surface area contributed by atoms with E-state index in [0.29, 0.717) is 18.4 Å². The largest absolute Gasteiger partial charge is 0.391 e. The number of hydrogen-bond acceptors (Lipinski definition) is 2. The number of carbonyl (C=O) groups excluding carboxylic acids is 1. The van der Waals surface area contributed by atoms with Gasteiger partial charge in [-0.2, -0.15) is 0 Å². The van der Waals surface area contributed by atoms with Crippen LogP contribution in [0.25, 0.3) is 0 Å². The molecule has 0 bridgehead atoms. The molecule has 2 rings (SSSR count). The topological polar surface area (TPSA) is 40.5 Å². The third-order valence-corrected chi connectivity index (χ3v) is 3.72.